The van der Waals surface area contributed by atoms with Crippen molar-refractivity contribution in [2.24, 2.45) is 57.3 Å². The predicted molar refractivity (Wildman–Crippen MR) is 363 cm³/mol. The summed E-state index contributed by atoms with van der Waals surface area (Å²) in [7, 11) is 0. The minimum Gasteiger partial charge on any atom is -0.480 e. The normalized spacial score (nSPS) is 13.5. The fraction of sp³-hybridized carbons (Fsp3) is 0.691. The molecule has 0 aliphatic heterocycles. The van der Waals surface area contributed by atoms with Crippen molar-refractivity contribution in [3.63, 3.8) is 0 Å². The molecule has 0 rings (SSSR count). The average Bonchev–Trinajstić information content (AvgIpc) is 0.932. The highest BCUT2D eigenvalue weighted by Gasteiger charge is 2.36. The van der Waals surface area contributed by atoms with Crippen molar-refractivity contribution >= 4 is 101 Å². The molecule has 98 heavy (non-hydrogen) atoms. The van der Waals surface area contributed by atoms with E-state index in [0.29, 0.717) is 19.3 Å². The van der Waals surface area contributed by atoms with Gasteiger partial charge >= 0.3 is 5.97 Å². The third-order valence-corrected chi connectivity index (χ3v) is 14.4. The summed E-state index contributed by atoms with van der Waals surface area (Å²) in [6.45, 7) is 0.132. The number of rotatable bonds is 54. The van der Waals surface area contributed by atoms with Gasteiger partial charge in [-0.05, 0) is 135 Å². The Bertz CT molecular complexity index is 2640. The largest absolute Gasteiger partial charge is 0.480 e. The summed E-state index contributed by atoms with van der Waals surface area (Å²) >= 11 is 0. The van der Waals surface area contributed by atoms with Gasteiger partial charge in [0.05, 0.1) is 6.54 Å². The molecule has 0 spiro atoms. The van der Waals surface area contributed by atoms with Crippen LogP contribution in [-0.2, 0) is 52.7 Å². The molecule has 0 heterocycles. The van der Waals surface area contributed by atoms with Crippen LogP contribution >= 0.6 is 0 Å². The maximum Gasteiger partial charge on any atom is 0.326 e. The lowest BCUT2D eigenvalue weighted by Gasteiger charge is -2.28. The lowest BCUT2D eigenvalue weighted by molar-refractivity contribution is -0.142. The molecule has 9 atom stereocenters. The molecule has 0 unspecified atom stereocenters. The van der Waals surface area contributed by atoms with E-state index in [1.807, 2.05) is 0 Å². The van der Waals surface area contributed by atoms with Gasteiger partial charge in [0.15, 0.2) is 35.8 Å². The second-order valence-electron chi connectivity index (χ2n) is 22.6. The summed E-state index contributed by atoms with van der Waals surface area (Å²) in [5.41, 5.74) is 55.2. The molecule has 0 saturated heterocycles. The fourth-order valence-electron chi connectivity index (χ4n) is 9.29. The van der Waals surface area contributed by atoms with Crippen LogP contribution in [0.3, 0.4) is 0 Å². The second kappa shape index (κ2) is 51.0. The zero-order chi connectivity index (χ0) is 74.1. The number of nitrogens with two attached hydrogens (primary N) is 10. The lowest BCUT2D eigenvalue weighted by Crippen LogP contribution is -2.60. The Morgan fingerprint density at radius 2 is 0.469 bits per heavy atom. The molecule has 43 nitrogen and oxygen atoms in total. The lowest BCUT2D eigenvalue weighted by atomic mass is 10.0. The van der Waals surface area contributed by atoms with Crippen LogP contribution in [0.2, 0.25) is 0 Å². The number of carbonyl (C=O) groups excluding carboxylic acids is 10. The number of carbonyl (C=O) groups is 11. The number of guanidine groups is 6. The van der Waals surface area contributed by atoms with Gasteiger partial charge < -0.3 is 142 Å². The van der Waals surface area contributed by atoms with E-state index in [1.165, 1.54) is 0 Å². The molecule has 0 bridgehead atoms. The minimum atomic E-state index is -1.72. The van der Waals surface area contributed by atoms with Crippen molar-refractivity contribution < 1.29 is 57.8 Å². The molecule has 0 saturated carbocycles. The highest BCUT2D eigenvalue weighted by atomic mass is 16.4. The van der Waals surface area contributed by atoms with Crippen molar-refractivity contribution in [2.75, 3.05) is 58.9 Å². The first kappa shape index (κ1) is 87.7. The molecule has 556 valence electrons. The third kappa shape index (κ3) is 42.2. The standard InChI is InChI=1S/C55H109N31O12/c56-21-3-1-11-31(42(90)80-32(12-2-4-22-57)47(95)86-38(49(97)98)18-10-28-77-55(70)71)79-43(91)34(15-7-25-74-52(64)65)82-45(93)35(16-8-26-75-53(66)67)84-48(96)37(19-20-39(59)87)85-46(94)36(17-9-27-76-54(68)69)83-44(92)33(14-6-24-73-51(62)63)81-41(89)30(78-40(88)29-58)13-5-23-72-50(60)61/h30-38H,1-29,56-58H2,(H2,59,87)(H,78,88)(H,79,91)(H,80,90)(H,81,89)(H,82,93)(H,83,92)(H,84,96)(H,85,94)(H,86,95)(H,97,98)(H4,60,61,72)(H4,62,63,73)(H4,64,65,74)(H4,66,67,75)(H4,68,69,76)(H4,70,71,77)/t30-,31-,32-,33-,34-,35-,36-,37-,38-/m0/s1. The first-order chi connectivity index (χ1) is 46.3. The van der Waals surface area contributed by atoms with E-state index in [4.69, 9.17) is 89.8 Å². The molecular weight excluding hydrogens is 1290 g/mol. The van der Waals surface area contributed by atoms with Gasteiger partial charge in [-0.2, -0.15) is 0 Å². The van der Waals surface area contributed by atoms with Crippen molar-refractivity contribution in [3.8, 4) is 0 Å². The number of carboxylic acid groups (broad SMARTS) is 1. The summed E-state index contributed by atoms with van der Waals surface area (Å²) in [5, 5.41) is 93.7. The van der Waals surface area contributed by atoms with Crippen LogP contribution in [0, 0.1) is 32.5 Å². The zero-order valence-electron chi connectivity index (χ0n) is 55.4. The van der Waals surface area contributed by atoms with Crippen molar-refractivity contribution in [3.05, 3.63) is 0 Å². The summed E-state index contributed by atoms with van der Waals surface area (Å²) in [6.07, 6.45) is -0.175. The van der Waals surface area contributed by atoms with Gasteiger partial charge in [-0.3, -0.25) is 80.4 Å². The molecule has 43 heteroatoms. The third-order valence-electron chi connectivity index (χ3n) is 14.4. The average molecular weight is 1400 g/mol. The number of amides is 10. The van der Waals surface area contributed by atoms with Crippen LogP contribution in [0.5, 0.6) is 0 Å². The fourth-order valence-corrected chi connectivity index (χ4v) is 9.29. The molecule has 0 aromatic carbocycles. The van der Waals surface area contributed by atoms with Gasteiger partial charge in [0.2, 0.25) is 59.1 Å². The molecule has 0 radical (unpaired) electrons. The number of aliphatic carboxylic acids is 1. The van der Waals surface area contributed by atoms with E-state index in [-0.39, 0.29) is 161 Å². The number of hydrogen-bond donors (Lipinski definition) is 32. The molecule has 0 aliphatic rings. The maximum atomic E-state index is 14.7. The van der Waals surface area contributed by atoms with Crippen LogP contribution in [-0.4, -0.2) is 219 Å². The van der Waals surface area contributed by atoms with E-state index >= 15 is 0 Å². The topological polar surface area (TPSA) is 792 Å². The molecule has 42 N–H and O–H groups in total. The van der Waals surface area contributed by atoms with Crippen molar-refractivity contribution in [1.29, 1.82) is 32.5 Å². The van der Waals surface area contributed by atoms with Crippen LogP contribution in [0.4, 0.5) is 0 Å². The first-order valence-corrected chi connectivity index (χ1v) is 32.2. The Morgan fingerprint density at radius 1 is 0.276 bits per heavy atom. The summed E-state index contributed by atoms with van der Waals surface area (Å²) in [5.74, 6) is -13.1. The van der Waals surface area contributed by atoms with Gasteiger partial charge in [0, 0.05) is 45.7 Å². The van der Waals surface area contributed by atoms with Crippen LogP contribution in [0.1, 0.15) is 128 Å². The SMILES string of the molecule is N=C(N)NCCC[C@H](NC(=O)[C@H](CCCCN)NC(=O)[C@H](CCCCN)NC(=O)[C@H](CCCNC(=N)N)NC(=O)[C@H](CCCNC(=N)N)NC(=O)[C@H](CCC(N)=O)NC(=O)[C@H](CCCNC(=N)N)NC(=O)[C@H](CCCNC(=N)N)NC(=O)[C@H](CCCNC(=N)N)NC(=O)CN)C(=O)O. The Morgan fingerprint density at radius 3 is 0.663 bits per heavy atom. The second-order valence-corrected chi connectivity index (χ2v) is 22.6. The first-order valence-electron chi connectivity index (χ1n) is 32.2. The van der Waals surface area contributed by atoms with Gasteiger partial charge in [-0.15, -0.1) is 0 Å². The van der Waals surface area contributed by atoms with E-state index in [1.54, 1.807) is 0 Å². The number of carboxylic acids is 1. The van der Waals surface area contributed by atoms with Crippen molar-refractivity contribution in [1.82, 2.24) is 79.8 Å². The van der Waals surface area contributed by atoms with Gasteiger partial charge in [-0.1, -0.05) is 0 Å². The van der Waals surface area contributed by atoms with Crippen LogP contribution in [0.15, 0.2) is 0 Å². The molecule has 0 aliphatic carbocycles. The quantitative estimate of drug-likeness (QED) is 0.0153. The van der Waals surface area contributed by atoms with E-state index in [2.05, 4.69) is 79.8 Å². The zero-order valence-corrected chi connectivity index (χ0v) is 55.4. The minimum absolute atomic E-state index is 0.00224. The van der Waals surface area contributed by atoms with E-state index in [9.17, 15) is 57.8 Å². The number of primary amides is 1. The summed E-state index contributed by atoms with van der Waals surface area (Å²) < 4.78 is 0. The van der Waals surface area contributed by atoms with Gasteiger partial charge in [-0.25, -0.2) is 4.79 Å². The maximum absolute atomic E-state index is 14.7. The van der Waals surface area contributed by atoms with E-state index < -0.39 is 163 Å². The highest BCUT2D eigenvalue weighted by Crippen LogP contribution is 2.12. The summed E-state index contributed by atoms with van der Waals surface area (Å²) in [6, 6.07) is -13.3. The molecule has 0 aromatic heterocycles. The Hall–Kier alpha value is -10.3. The Balaban J connectivity index is 7.54. The van der Waals surface area contributed by atoms with Crippen LogP contribution in [0.25, 0.3) is 0 Å². The Labute approximate surface area is 568 Å². The molecule has 10 amide bonds. The molecule has 0 fully saturated rings. The Kier molecular flexibility index (Phi) is 45.6. The molecule has 0 aromatic rings. The number of hydrogen-bond acceptors (Lipinski definition) is 20. The number of nitrogens with one attached hydrogen (secondary N) is 21. The number of unbranched alkanes of at least 4 members (excludes halogenated alkanes) is 2. The predicted octanol–water partition coefficient (Wildman–Crippen LogP) is -10.5. The molecular formula is C55H109N31O12. The highest BCUT2D eigenvalue weighted by molar-refractivity contribution is 5.99. The van der Waals surface area contributed by atoms with Gasteiger partial charge in [0.25, 0.3) is 0 Å². The smallest absolute Gasteiger partial charge is 0.326 e. The van der Waals surface area contributed by atoms with Crippen LogP contribution < -0.4 is 137 Å². The van der Waals surface area contributed by atoms with Gasteiger partial charge in [0.1, 0.15) is 54.4 Å². The van der Waals surface area contributed by atoms with Crippen molar-refractivity contribution in [2.45, 2.75) is 183 Å². The monoisotopic (exact) mass is 1400 g/mol. The summed E-state index contributed by atoms with van der Waals surface area (Å²) in [4.78, 5) is 152. The van der Waals surface area contributed by atoms with E-state index in [0.717, 1.165) is 0 Å².